The molecule has 4 nitrogen and oxygen atoms in total. The molecule has 2 heterocycles. The first kappa shape index (κ1) is 26.7. The van der Waals surface area contributed by atoms with Crippen LogP contribution in [0.4, 0.5) is 0 Å². The van der Waals surface area contributed by atoms with Gasteiger partial charge in [0, 0.05) is 39.8 Å². The molecule has 2 aromatic heterocycles. The minimum atomic E-state index is 0. The van der Waals surface area contributed by atoms with Gasteiger partial charge in [0.25, 0.3) is 0 Å². The Hall–Kier alpha value is -0.512. The summed E-state index contributed by atoms with van der Waals surface area (Å²) in [6.45, 7) is 1.57. The topological polar surface area (TPSA) is 44.2 Å². The van der Waals surface area contributed by atoms with Crippen molar-refractivity contribution in [2.24, 2.45) is 0 Å². The molecule has 0 aliphatic carbocycles. The number of hydrogen-bond acceptors (Lipinski definition) is 4. The Morgan fingerprint density at radius 3 is 1.52 bits per heavy atom. The Labute approximate surface area is 177 Å². The van der Waals surface area contributed by atoms with Crippen LogP contribution in [-0.4, -0.2) is 37.4 Å². The third-order valence-electron chi connectivity index (χ3n) is 3.54. The number of methoxy groups -OCH3 is 2. The van der Waals surface area contributed by atoms with Gasteiger partial charge in [0.1, 0.15) is 0 Å². The molecule has 2 aromatic rings. The maximum Gasteiger partial charge on any atom is 2.00 e. The Balaban J connectivity index is 0. The molecule has 0 aromatic carbocycles. The summed E-state index contributed by atoms with van der Waals surface area (Å²) in [5.41, 5.74) is 4.41. The summed E-state index contributed by atoms with van der Waals surface area (Å²) in [4.78, 5) is 8.91. The molecule has 0 unspecified atom stereocenters. The summed E-state index contributed by atoms with van der Waals surface area (Å²) in [6.07, 6.45) is 7.75. The van der Waals surface area contributed by atoms with Crippen LogP contribution in [0.2, 0.25) is 0 Å². The van der Waals surface area contributed by atoms with Crippen molar-refractivity contribution >= 4 is 0 Å². The van der Waals surface area contributed by atoms with Crippen LogP contribution in [0.3, 0.4) is 0 Å². The van der Waals surface area contributed by atoms with Crippen LogP contribution >= 0.6 is 0 Å². The zero-order chi connectivity index (χ0) is 15.6. The maximum absolute atomic E-state index is 5.10. The number of pyridine rings is 2. The molecular formula is C18H24Cl2N2O2Pt. The monoisotopic (exact) mass is 565 g/mol. The fourth-order valence-electron chi connectivity index (χ4n) is 2.38. The minimum Gasteiger partial charge on any atom is -1.00 e. The third-order valence-corrected chi connectivity index (χ3v) is 3.54. The molecule has 0 aliphatic heterocycles. The van der Waals surface area contributed by atoms with E-state index in [1.807, 2.05) is 12.4 Å². The largest absolute Gasteiger partial charge is 2.00 e. The fraction of sp³-hybridized carbons (Fsp3) is 0.444. The summed E-state index contributed by atoms with van der Waals surface area (Å²) in [7, 11) is 3.47. The smallest absolute Gasteiger partial charge is 1.00 e. The molecule has 0 saturated carbocycles. The van der Waals surface area contributed by atoms with Crippen LogP contribution in [0, 0.1) is 0 Å². The van der Waals surface area contributed by atoms with Crippen molar-refractivity contribution in [2.75, 3.05) is 27.4 Å². The molecule has 0 saturated heterocycles. The zero-order valence-electron chi connectivity index (χ0n) is 14.5. The van der Waals surface area contributed by atoms with E-state index in [9.17, 15) is 0 Å². The van der Waals surface area contributed by atoms with E-state index < -0.39 is 0 Å². The van der Waals surface area contributed by atoms with Crippen LogP contribution in [-0.2, 0) is 43.4 Å². The second kappa shape index (κ2) is 15.7. The Bertz CT molecular complexity index is 537. The summed E-state index contributed by atoms with van der Waals surface area (Å²) in [6, 6.07) is 8.36. The number of aryl methyl sites for hydroxylation is 2. The number of hydrogen-bond donors (Lipinski definition) is 0. The van der Waals surface area contributed by atoms with Gasteiger partial charge in [0.05, 0.1) is 11.4 Å². The van der Waals surface area contributed by atoms with Gasteiger partial charge < -0.3 is 34.3 Å². The molecule has 7 heteroatoms. The summed E-state index contributed by atoms with van der Waals surface area (Å²) >= 11 is 0. The van der Waals surface area contributed by atoms with Gasteiger partial charge in [0.2, 0.25) is 0 Å². The second-order valence-corrected chi connectivity index (χ2v) is 5.29. The van der Waals surface area contributed by atoms with E-state index in [0.717, 1.165) is 50.3 Å². The van der Waals surface area contributed by atoms with Crippen molar-refractivity contribution in [3.63, 3.8) is 0 Å². The summed E-state index contributed by atoms with van der Waals surface area (Å²) in [5, 5.41) is 0. The van der Waals surface area contributed by atoms with E-state index >= 15 is 0 Å². The Morgan fingerprint density at radius 2 is 1.16 bits per heavy atom. The average molecular weight is 566 g/mol. The number of ether oxygens (including phenoxy) is 2. The first-order valence-corrected chi connectivity index (χ1v) is 7.71. The van der Waals surface area contributed by atoms with Gasteiger partial charge in [-0.05, 0) is 61.1 Å². The number of aromatic nitrogens is 2. The van der Waals surface area contributed by atoms with Gasteiger partial charge in [0.15, 0.2) is 0 Å². The maximum atomic E-state index is 5.10. The molecule has 0 aliphatic rings. The molecule has 0 N–H and O–H groups in total. The van der Waals surface area contributed by atoms with Crippen LogP contribution in [0.25, 0.3) is 11.4 Å². The number of rotatable bonds is 9. The van der Waals surface area contributed by atoms with Crippen LogP contribution < -0.4 is 24.8 Å². The first-order chi connectivity index (χ1) is 10.8. The molecular weight excluding hydrogens is 542 g/mol. The van der Waals surface area contributed by atoms with E-state index in [2.05, 4.69) is 34.2 Å². The number of halogens is 2. The van der Waals surface area contributed by atoms with Crippen molar-refractivity contribution in [1.82, 2.24) is 9.97 Å². The zero-order valence-corrected chi connectivity index (χ0v) is 18.3. The van der Waals surface area contributed by atoms with Crippen molar-refractivity contribution in [2.45, 2.75) is 25.7 Å². The van der Waals surface area contributed by atoms with Crippen molar-refractivity contribution in [3.8, 4) is 11.4 Å². The molecule has 0 bridgehead atoms. The summed E-state index contributed by atoms with van der Waals surface area (Å²) in [5.74, 6) is 0. The SMILES string of the molecule is COCCCc1ccnc(-c2cc(CCCOC)ccn2)c1.[Cl-].[Cl-].[Pt+2]. The predicted octanol–water partition coefficient (Wildman–Crippen LogP) is -2.69. The van der Waals surface area contributed by atoms with Gasteiger partial charge >= 0.3 is 21.1 Å². The Kier molecular flexibility index (Phi) is 16.8. The standard InChI is InChI=1S/C18H24N2O2.2ClH.Pt/c1-21-11-3-5-15-7-9-19-17(13-15)18-14-16(8-10-20-18)6-4-12-22-2;;;/h7-10,13-14H,3-6,11-12H2,1-2H3;2*1H;/q;;;+2/p-2. The Morgan fingerprint density at radius 1 is 0.760 bits per heavy atom. The molecule has 0 atom stereocenters. The van der Waals surface area contributed by atoms with Crippen LogP contribution in [0.15, 0.2) is 36.7 Å². The average Bonchev–Trinajstić information content (AvgIpc) is 2.56. The third kappa shape index (κ3) is 9.67. The molecule has 0 fully saturated rings. The first-order valence-electron chi connectivity index (χ1n) is 7.71. The fourth-order valence-corrected chi connectivity index (χ4v) is 2.38. The molecule has 0 radical (unpaired) electrons. The van der Waals surface area contributed by atoms with Crippen molar-refractivity contribution < 1.29 is 55.4 Å². The van der Waals surface area contributed by atoms with E-state index in [-0.39, 0.29) is 45.9 Å². The van der Waals surface area contributed by atoms with Gasteiger partial charge in [-0.15, -0.1) is 0 Å². The van der Waals surface area contributed by atoms with Crippen LogP contribution in [0.1, 0.15) is 24.0 Å². The van der Waals surface area contributed by atoms with Gasteiger partial charge in [-0.25, -0.2) is 0 Å². The van der Waals surface area contributed by atoms with E-state index in [4.69, 9.17) is 9.47 Å². The molecule has 2 rings (SSSR count). The molecule has 0 spiro atoms. The molecule has 142 valence electrons. The van der Waals surface area contributed by atoms with Crippen molar-refractivity contribution in [1.29, 1.82) is 0 Å². The van der Waals surface area contributed by atoms with Crippen molar-refractivity contribution in [3.05, 3.63) is 47.8 Å². The van der Waals surface area contributed by atoms with Gasteiger partial charge in [-0.3, -0.25) is 9.97 Å². The van der Waals surface area contributed by atoms with Crippen LogP contribution in [0.5, 0.6) is 0 Å². The van der Waals surface area contributed by atoms with Gasteiger partial charge in [-0.2, -0.15) is 0 Å². The molecule has 25 heavy (non-hydrogen) atoms. The predicted molar refractivity (Wildman–Crippen MR) is 87.9 cm³/mol. The summed E-state index contributed by atoms with van der Waals surface area (Å²) < 4.78 is 10.2. The van der Waals surface area contributed by atoms with Gasteiger partial charge in [-0.1, -0.05) is 0 Å². The van der Waals surface area contributed by atoms with E-state index in [1.165, 1.54) is 11.1 Å². The van der Waals surface area contributed by atoms with E-state index in [0.29, 0.717) is 0 Å². The second-order valence-electron chi connectivity index (χ2n) is 5.29. The molecule has 0 amide bonds. The minimum absolute atomic E-state index is 0. The quantitative estimate of drug-likeness (QED) is 0.311. The van der Waals surface area contributed by atoms with E-state index in [1.54, 1.807) is 14.2 Å². The number of nitrogens with zero attached hydrogens (tertiary/aromatic N) is 2. The normalized spacial score (nSPS) is 9.52.